The fourth-order valence-corrected chi connectivity index (χ4v) is 4.49. The van der Waals surface area contributed by atoms with Gasteiger partial charge in [0.25, 0.3) is 0 Å². The van der Waals surface area contributed by atoms with Crippen LogP contribution in [0.4, 0.5) is 4.79 Å². The predicted octanol–water partition coefficient (Wildman–Crippen LogP) is 5.82. The van der Waals surface area contributed by atoms with Gasteiger partial charge in [-0.1, -0.05) is 114 Å². The maximum atomic E-state index is 12.4. The molecule has 1 aromatic carbocycles. The SMILES string of the molecule is CCCCCCCCCCCCCC[C@@H]1[C@@H]([C@@H](O)CO)OC(=O)N1Cc1ccccc1. The molecule has 1 amide bonds. The van der Waals surface area contributed by atoms with E-state index in [2.05, 4.69) is 6.92 Å². The van der Waals surface area contributed by atoms with Crippen LogP contribution in [0.15, 0.2) is 30.3 Å². The van der Waals surface area contributed by atoms with Crippen molar-refractivity contribution in [3.05, 3.63) is 35.9 Å². The molecule has 5 heteroatoms. The van der Waals surface area contributed by atoms with Crippen LogP contribution in [0, 0.1) is 0 Å². The van der Waals surface area contributed by atoms with Crippen LogP contribution < -0.4 is 0 Å². The molecule has 3 atom stereocenters. The van der Waals surface area contributed by atoms with Crippen LogP contribution in [0.1, 0.15) is 96.0 Å². The molecule has 2 rings (SSSR count). The largest absolute Gasteiger partial charge is 0.441 e. The van der Waals surface area contributed by atoms with Crippen LogP contribution in [0.5, 0.6) is 0 Å². The molecular weight excluding hydrogens is 390 g/mol. The van der Waals surface area contributed by atoms with E-state index in [-0.39, 0.29) is 6.04 Å². The van der Waals surface area contributed by atoms with Gasteiger partial charge < -0.3 is 14.9 Å². The Morgan fingerprint density at radius 1 is 0.903 bits per heavy atom. The van der Waals surface area contributed by atoms with E-state index in [1.807, 2.05) is 30.3 Å². The Hall–Kier alpha value is -1.59. The van der Waals surface area contributed by atoms with Crippen molar-refractivity contribution in [1.29, 1.82) is 0 Å². The normalized spacial score (nSPS) is 19.6. The lowest BCUT2D eigenvalue weighted by Gasteiger charge is -2.26. The molecule has 0 spiro atoms. The maximum Gasteiger partial charge on any atom is 0.410 e. The summed E-state index contributed by atoms with van der Waals surface area (Å²) in [7, 11) is 0. The molecule has 176 valence electrons. The fraction of sp³-hybridized carbons (Fsp3) is 0.731. The first-order valence-electron chi connectivity index (χ1n) is 12.5. The van der Waals surface area contributed by atoms with E-state index in [0.29, 0.717) is 6.54 Å². The lowest BCUT2D eigenvalue weighted by atomic mass is 9.97. The molecule has 1 saturated heterocycles. The zero-order valence-corrected chi connectivity index (χ0v) is 19.4. The molecule has 2 N–H and O–H groups in total. The van der Waals surface area contributed by atoms with Crippen molar-refractivity contribution < 1.29 is 19.7 Å². The highest BCUT2D eigenvalue weighted by molar-refractivity contribution is 5.71. The van der Waals surface area contributed by atoms with Gasteiger partial charge in [0.05, 0.1) is 12.6 Å². The summed E-state index contributed by atoms with van der Waals surface area (Å²) in [6, 6.07) is 9.65. The Labute approximate surface area is 188 Å². The number of hydrogen-bond donors (Lipinski definition) is 2. The number of nitrogens with zero attached hydrogens (tertiary/aromatic N) is 1. The highest BCUT2D eigenvalue weighted by Gasteiger charge is 2.44. The van der Waals surface area contributed by atoms with Crippen molar-refractivity contribution in [2.45, 2.75) is 115 Å². The smallest absolute Gasteiger partial charge is 0.410 e. The number of aliphatic hydroxyl groups excluding tert-OH is 2. The van der Waals surface area contributed by atoms with Gasteiger partial charge in [-0.05, 0) is 12.0 Å². The third-order valence-electron chi connectivity index (χ3n) is 6.37. The average Bonchev–Trinajstić information content (AvgIpc) is 3.10. The maximum absolute atomic E-state index is 12.4. The number of carbonyl (C=O) groups is 1. The van der Waals surface area contributed by atoms with Crippen molar-refractivity contribution in [3.8, 4) is 0 Å². The fourth-order valence-electron chi connectivity index (χ4n) is 4.49. The zero-order valence-electron chi connectivity index (χ0n) is 19.4. The molecule has 0 aliphatic carbocycles. The van der Waals surface area contributed by atoms with Crippen LogP contribution >= 0.6 is 0 Å². The minimum absolute atomic E-state index is 0.196. The Balaban J connectivity index is 1.69. The third-order valence-corrected chi connectivity index (χ3v) is 6.37. The van der Waals surface area contributed by atoms with Gasteiger partial charge in [-0.15, -0.1) is 0 Å². The Morgan fingerprint density at radius 2 is 1.45 bits per heavy atom. The van der Waals surface area contributed by atoms with Crippen molar-refractivity contribution in [3.63, 3.8) is 0 Å². The minimum Gasteiger partial charge on any atom is -0.441 e. The number of ether oxygens (including phenoxy) is 1. The summed E-state index contributed by atoms with van der Waals surface area (Å²) in [5.74, 6) is 0. The van der Waals surface area contributed by atoms with Gasteiger partial charge in [0.2, 0.25) is 0 Å². The van der Waals surface area contributed by atoms with Gasteiger partial charge in [-0.3, -0.25) is 4.90 Å². The second kappa shape index (κ2) is 15.3. The number of hydrogen-bond acceptors (Lipinski definition) is 4. The molecule has 1 aliphatic rings. The lowest BCUT2D eigenvalue weighted by Crippen LogP contribution is -2.42. The van der Waals surface area contributed by atoms with Gasteiger partial charge in [-0.2, -0.15) is 0 Å². The van der Waals surface area contributed by atoms with E-state index in [0.717, 1.165) is 24.8 Å². The van der Waals surface area contributed by atoms with E-state index >= 15 is 0 Å². The Bertz CT molecular complexity index is 594. The van der Waals surface area contributed by atoms with Gasteiger partial charge in [0.15, 0.2) is 6.10 Å². The first kappa shape index (κ1) is 25.7. The number of cyclic esters (lactones) is 1. The summed E-state index contributed by atoms with van der Waals surface area (Å²) in [6.07, 6.45) is 14.1. The highest BCUT2D eigenvalue weighted by atomic mass is 16.6. The van der Waals surface area contributed by atoms with E-state index in [1.165, 1.54) is 64.2 Å². The lowest BCUT2D eigenvalue weighted by molar-refractivity contribution is -0.0156. The van der Waals surface area contributed by atoms with E-state index in [1.54, 1.807) is 4.90 Å². The Morgan fingerprint density at radius 3 is 2.00 bits per heavy atom. The van der Waals surface area contributed by atoms with Crippen molar-refractivity contribution in [2.24, 2.45) is 0 Å². The molecule has 0 aromatic heterocycles. The van der Waals surface area contributed by atoms with Gasteiger partial charge >= 0.3 is 6.09 Å². The molecule has 31 heavy (non-hydrogen) atoms. The summed E-state index contributed by atoms with van der Waals surface area (Å²) in [4.78, 5) is 14.2. The van der Waals surface area contributed by atoms with Crippen molar-refractivity contribution in [1.82, 2.24) is 4.90 Å². The molecule has 1 aliphatic heterocycles. The van der Waals surface area contributed by atoms with Crippen LogP contribution in [-0.2, 0) is 11.3 Å². The molecule has 0 radical (unpaired) electrons. The molecule has 1 fully saturated rings. The summed E-state index contributed by atoms with van der Waals surface area (Å²) >= 11 is 0. The predicted molar refractivity (Wildman–Crippen MR) is 125 cm³/mol. The zero-order chi connectivity index (χ0) is 22.3. The van der Waals surface area contributed by atoms with Gasteiger partial charge in [0.1, 0.15) is 6.10 Å². The molecule has 5 nitrogen and oxygen atoms in total. The molecule has 1 heterocycles. The number of aliphatic hydroxyl groups is 2. The molecular formula is C26H43NO4. The number of amides is 1. The monoisotopic (exact) mass is 433 g/mol. The van der Waals surface area contributed by atoms with E-state index in [9.17, 15) is 15.0 Å². The first-order valence-corrected chi connectivity index (χ1v) is 12.5. The van der Waals surface area contributed by atoms with Crippen molar-refractivity contribution >= 4 is 6.09 Å². The number of benzene rings is 1. The average molecular weight is 434 g/mol. The first-order chi connectivity index (χ1) is 15.2. The number of rotatable bonds is 17. The number of unbranched alkanes of at least 4 members (excludes halogenated alkanes) is 11. The van der Waals surface area contributed by atoms with Crippen LogP contribution in [0.25, 0.3) is 0 Å². The van der Waals surface area contributed by atoms with E-state index in [4.69, 9.17) is 4.74 Å². The van der Waals surface area contributed by atoms with Crippen LogP contribution in [-0.4, -0.2) is 46.1 Å². The summed E-state index contributed by atoms with van der Waals surface area (Å²) < 4.78 is 5.45. The van der Waals surface area contributed by atoms with Gasteiger partial charge in [-0.25, -0.2) is 4.79 Å². The van der Waals surface area contributed by atoms with Crippen LogP contribution in [0.2, 0.25) is 0 Å². The summed E-state index contributed by atoms with van der Waals surface area (Å²) in [6.45, 7) is 2.33. The summed E-state index contributed by atoms with van der Waals surface area (Å²) in [5.41, 5.74) is 1.04. The summed E-state index contributed by atoms with van der Waals surface area (Å²) in [5, 5.41) is 19.6. The quantitative estimate of drug-likeness (QED) is 0.304. The third kappa shape index (κ3) is 9.20. The second-order valence-electron chi connectivity index (χ2n) is 8.96. The number of carbonyl (C=O) groups excluding carboxylic acids is 1. The molecule has 1 aromatic rings. The molecule has 0 saturated carbocycles. The standard InChI is InChI=1S/C26H43NO4/c1-2-3-4-5-6-7-8-9-10-11-12-16-19-23-25(24(29)21-28)31-26(30)27(23)20-22-17-14-13-15-18-22/h13-15,17-18,23-25,28-29H,2-12,16,19-21H2,1H3/t23-,24+,25+/m1/s1. The minimum atomic E-state index is -1.04. The van der Waals surface area contributed by atoms with E-state index < -0.39 is 24.9 Å². The van der Waals surface area contributed by atoms with Crippen LogP contribution in [0.3, 0.4) is 0 Å². The van der Waals surface area contributed by atoms with Crippen molar-refractivity contribution in [2.75, 3.05) is 6.61 Å². The highest BCUT2D eigenvalue weighted by Crippen LogP contribution is 2.28. The topological polar surface area (TPSA) is 70.0 Å². The second-order valence-corrected chi connectivity index (χ2v) is 8.96. The van der Waals surface area contributed by atoms with Gasteiger partial charge in [0, 0.05) is 6.54 Å². The molecule has 0 bridgehead atoms. The molecule has 0 unspecified atom stereocenters. The Kier molecular flexibility index (Phi) is 12.6.